The van der Waals surface area contributed by atoms with Crippen LogP contribution in [0, 0.1) is 0 Å². The molecule has 0 amide bonds. The zero-order valence-corrected chi connectivity index (χ0v) is 24.3. The van der Waals surface area contributed by atoms with E-state index in [1.54, 1.807) is 43.0 Å². The summed E-state index contributed by atoms with van der Waals surface area (Å²) < 4.78 is 34.1. The third-order valence-corrected chi connectivity index (χ3v) is 9.43. The first kappa shape index (κ1) is 30.0. The van der Waals surface area contributed by atoms with Crippen molar-refractivity contribution in [2.45, 2.75) is 43.2 Å². The van der Waals surface area contributed by atoms with E-state index in [9.17, 15) is 23.1 Å². The standard InChI is InChI=1S/C27H40N6O6S/c1-29-25-24(26(35)30(2)27(29)36)33(20-28-25)19-21(34)18-32-15-13-31(14-16-32)12-6-4-5-7-17-40(37,38)23-10-8-22(39-3)9-11-23/h8-11,20-21,34H,4-7,12-19H2,1-3H3. The number of imidazole rings is 1. The molecule has 1 fully saturated rings. The molecule has 40 heavy (non-hydrogen) atoms. The lowest BCUT2D eigenvalue weighted by Crippen LogP contribution is -2.49. The molecule has 4 rings (SSSR count). The number of aliphatic hydroxyl groups excluding tert-OH is 1. The minimum Gasteiger partial charge on any atom is -0.497 e. The molecule has 1 unspecified atom stereocenters. The van der Waals surface area contributed by atoms with Gasteiger partial charge in [0, 0.05) is 46.8 Å². The number of rotatable bonds is 13. The molecule has 1 aliphatic rings. The molecule has 220 valence electrons. The fraction of sp³-hybridized carbons (Fsp3) is 0.593. The number of β-amino-alcohol motifs (C(OH)–C–C–N with tert-alkyl or cyclic N) is 1. The average molecular weight is 577 g/mol. The van der Waals surface area contributed by atoms with E-state index in [0.717, 1.165) is 56.6 Å². The first-order valence-electron chi connectivity index (χ1n) is 13.7. The van der Waals surface area contributed by atoms with Gasteiger partial charge in [0.25, 0.3) is 5.56 Å². The van der Waals surface area contributed by atoms with E-state index in [4.69, 9.17) is 4.74 Å². The molecule has 0 saturated carbocycles. The lowest BCUT2D eigenvalue weighted by Gasteiger charge is -2.35. The van der Waals surface area contributed by atoms with Gasteiger partial charge in [-0.25, -0.2) is 18.2 Å². The van der Waals surface area contributed by atoms with Crippen LogP contribution >= 0.6 is 0 Å². The quantitative estimate of drug-likeness (QED) is 0.288. The number of piperazine rings is 1. The summed E-state index contributed by atoms with van der Waals surface area (Å²) in [5, 5.41) is 10.7. The number of nitrogens with zero attached hydrogens (tertiary/aromatic N) is 6. The number of benzene rings is 1. The van der Waals surface area contributed by atoms with E-state index in [-0.39, 0.29) is 12.3 Å². The van der Waals surface area contributed by atoms with Gasteiger partial charge in [-0.2, -0.15) is 0 Å². The first-order valence-corrected chi connectivity index (χ1v) is 15.4. The lowest BCUT2D eigenvalue weighted by atomic mass is 10.2. The third-order valence-electron chi connectivity index (χ3n) is 7.61. The van der Waals surface area contributed by atoms with Crippen LogP contribution in [0.4, 0.5) is 0 Å². The van der Waals surface area contributed by atoms with E-state index in [2.05, 4.69) is 14.8 Å². The normalized spacial score (nSPS) is 16.0. The summed E-state index contributed by atoms with van der Waals surface area (Å²) in [6.07, 6.45) is 4.36. The van der Waals surface area contributed by atoms with Crippen LogP contribution in [-0.4, -0.2) is 100 Å². The van der Waals surface area contributed by atoms with Gasteiger partial charge in [0.15, 0.2) is 21.0 Å². The highest BCUT2D eigenvalue weighted by atomic mass is 32.2. The van der Waals surface area contributed by atoms with E-state index in [0.29, 0.717) is 34.8 Å². The largest absolute Gasteiger partial charge is 0.497 e. The fourth-order valence-corrected chi connectivity index (χ4v) is 6.57. The van der Waals surface area contributed by atoms with Crippen molar-refractivity contribution in [3.8, 4) is 5.75 Å². The molecule has 0 bridgehead atoms. The van der Waals surface area contributed by atoms with Gasteiger partial charge in [0.05, 0.1) is 36.7 Å². The van der Waals surface area contributed by atoms with Crippen LogP contribution < -0.4 is 16.0 Å². The molecule has 2 aromatic heterocycles. The minimum atomic E-state index is -3.27. The Morgan fingerprint density at radius 1 is 0.925 bits per heavy atom. The maximum absolute atomic E-state index is 12.6. The number of aliphatic hydroxyl groups is 1. The van der Waals surface area contributed by atoms with Gasteiger partial charge in [-0.15, -0.1) is 0 Å². The SMILES string of the molecule is COc1ccc(S(=O)(=O)CCCCCCN2CCN(CC(O)Cn3cnc4c3c(=O)n(C)c(=O)n4C)CC2)cc1. The third kappa shape index (κ3) is 7.00. The maximum Gasteiger partial charge on any atom is 0.332 e. The molecule has 1 aliphatic heterocycles. The zero-order chi connectivity index (χ0) is 28.9. The molecule has 1 atom stereocenters. The van der Waals surface area contributed by atoms with Crippen LogP contribution in [0.2, 0.25) is 0 Å². The van der Waals surface area contributed by atoms with Crippen molar-refractivity contribution in [3.05, 3.63) is 51.4 Å². The second-order valence-corrected chi connectivity index (χ2v) is 12.6. The summed E-state index contributed by atoms with van der Waals surface area (Å²) in [5.74, 6) is 0.796. The van der Waals surface area contributed by atoms with Crippen LogP contribution in [0.5, 0.6) is 5.75 Å². The van der Waals surface area contributed by atoms with Crippen molar-refractivity contribution in [3.63, 3.8) is 0 Å². The molecule has 13 heteroatoms. The number of hydrogen-bond donors (Lipinski definition) is 1. The van der Waals surface area contributed by atoms with Crippen LogP contribution in [0.25, 0.3) is 11.2 Å². The highest BCUT2D eigenvalue weighted by Crippen LogP contribution is 2.18. The number of hydrogen-bond acceptors (Lipinski definition) is 9. The molecule has 1 saturated heterocycles. The van der Waals surface area contributed by atoms with Crippen LogP contribution in [0.1, 0.15) is 25.7 Å². The molecule has 0 aliphatic carbocycles. The predicted molar refractivity (Wildman–Crippen MR) is 153 cm³/mol. The molecule has 0 spiro atoms. The van der Waals surface area contributed by atoms with Gasteiger partial charge >= 0.3 is 5.69 Å². The summed E-state index contributed by atoms with van der Waals surface area (Å²) in [6, 6.07) is 6.53. The van der Waals surface area contributed by atoms with Crippen molar-refractivity contribution in [2.24, 2.45) is 14.1 Å². The van der Waals surface area contributed by atoms with Crippen LogP contribution in [-0.2, 0) is 30.5 Å². The van der Waals surface area contributed by atoms with E-state index < -0.39 is 27.2 Å². The second kappa shape index (κ2) is 13.1. The van der Waals surface area contributed by atoms with Gasteiger partial charge < -0.3 is 19.3 Å². The summed E-state index contributed by atoms with van der Waals surface area (Å²) in [5.41, 5.74) is -0.228. The van der Waals surface area contributed by atoms with E-state index >= 15 is 0 Å². The molecule has 12 nitrogen and oxygen atoms in total. The monoisotopic (exact) mass is 576 g/mol. The zero-order valence-electron chi connectivity index (χ0n) is 23.5. The van der Waals surface area contributed by atoms with Crippen LogP contribution in [0.3, 0.4) is 0 Å². The average Bonchev–Trinajstić information content (AvgIpc) is 3.36. The smallest absolute Gasteiger partial charge is 0.332 e. The molecule has 1 N–H and O–H groups in total. The molecular formula is C27H40N6O6S. The van der Waals surface area contributed by atoms with Gasteiger partial charge in [-0.1, -0.05) is 12.8 Å². The van der Waals surface area contributed by atoms with Gasteiger partial charge in [-0.3, -0.25) is 18.8 Å². The first-order chi connectivity index (χ1) is 19.1. The number of fused-ring (bicyclic) bond motifs is 1. The van der Waals surface area contributed by atoms with Crippen molar-refractivity contribution < 1.29 is 18.3 Å². The Kier molecular flexibility index (Phi) is 9.82. The second-order valence-electron chi connectivity index (χ2n) is 10.5. The number of sulfone groups is 1. The van der Waals surface area contributed by atoms with Crippen molar-refractivity contribution in [1.82, 2.24) is 28.5 Å². The van der Waals surface area contributed by atoms with Crippen molar-refractivity contribution in [2.75, 3.05) is 52.1 Å². The molecular weight excluding hydrogens is 536 g/mol. The summed E-state index contributed by atoms with van der Waals surface area (Å²) in [4.78, 5) is 33.9. The van der Waals surface area contributed by atoms with Gasteiger partial charge in [0.1, 0.15) is 5.75 Å². The Labute approximate surface area is 234 Å². The van der Waals surface area contributed by atoms with Crippen molar-refractivity contribution in [1.29, 1.82) is 0 Å². The minimum absolute atomic E-state index is 0.155. The Bertz CT molecular complexity index is 1500. The fourth-order valence-electron chi connectivity index (χ4n) is 5.20. The number of methoxy groups -OCH3 is 1. The highest BCUT2D eigenvalue weighted by molar-refractivity contribution is 7.91. The molecule has 3 aromatic rings. The van der Waals surface area contributed by atoms with Gasteiger partial charge in [0.2, 0.25) is 0 Å². The van der Waals surface area contributed by atoms with E-state index in [1.807, 2.05) is 0 Å². The molecule has 3 heterocycles. The Hall–Kier alpha value is -3.00. The molecule has 1 aromatic carbocycles. The van der Waals surface area contributed by atoms with Crippen molar-refractivity contribution >= 4 is 21.0 Å². The number of unbranched alkanes of at least 4 members (excludes halogenated alkanes) is 3. The van der Waals surface area contributed by atoms with Gasteiger partial charge in [-0.05, 0) is 43.7 Å². The Morgan fingerprint density at radius 3 is 2.25 bits per heavy atom. The summed E-state index contributed by atoms with van der Waals surface area (Å²) in [7, 11) is 1.29. The Balaban J connectivity index is 1.14. The highest BCUT2D eigenvalue weighted by Gasteiger charge is 2.21. The summed E-state index contributed by atoms with van der Waals surface area (Å²) in [6.45, 7) is 5.20. The lowest BCUT2D eigenvalue weighted by molar-refractivity contribution is 0.0644. The topological polar surface area (TPSA) is 132 Å². The van der Waals surface area contributed by atoms with Crippen LogP contribution in [0.15, 0.2) is 45.1 Å². The number of aryl methyl sites for hydroxylation is 1. The Morgan fingerprint density at radius 2 is 1.57 bits per heavy atom. The summed E-state index contributed by atoms with van der Waals surface area (Å²) >= 11 is 0. The predicted octanol–water partition coefficient (Wildman–Crippen LogP) is 0.455. The molecule has 0 radical (unpaired) electrons. The van der Waals surface area contributed by atoms with E-state index in [1.165, 1.54) is 17.9 Å². The number of ether oxygens (including phenoxy) is 1. The maximum atomic E-state index is 12.6. The number of aromatic nitrogens is 4.